The van der Waals surface area contributed by atoms with Crippen molar-refractivity contribution in [3.05, 3.63) is 57.0 Å². The normalized spacial score (nSPS) is 12.1. The fourth-order valence-corrected chi connectivity index (χ4v) is 5.06. The summed E-state index contributed by atoms with van der Waals surface area (Å²) in [5.41, 5.74) is 0.749. The fraction of sp³-hybridized carbons (Fsp3) is 0.417. The number of nitrogens with zero attached hydrogens (tertiary/aromatic N) is 2. The van der Waals surface area contributed by atoms with Crippen molar-refractivity contribution in [2.24, 2.45) is 0 Å². The van der Waals surface area contributed by atoms with E-state index in [4.69, 9.17) is 39.5 Å². The molecule has 2 amide bonds. The summed E-state index contributed by atoms with van der Waals surface area (Å²) in [7, 11) is -2.42. The average Bonchev–Trinajstić information content (AvgIpc) is 2.83. The second-order valence-corrected chi connectivity index (χ2v) is 11.2. The summed E-state index contributed by atoms with van der Waals surface area (Å²) in [6.45, 7) is 3.65. The van der Waals surface area contributed by atoms with E-state index in [-0.39, 0.29) is 33.2 Å². The summed E-state index contributed by atoms with van der Waals surface area (Å²) in [4.78, 5) is 28.0. The summed E-state index contributed by atoms with van der Waals surface area (Å²) in [6, 6.07) is 8.82. The van der Waals surface area contributed by atoms with E-state index in [1.165, 1.54) is 17.0 Å². The van der Waals surface area contributed by atoms with Gasteiger partial charge in [-0.1, -0.05) is 60.8 Å². The maximum atomic E-state index is 13.7. The Hall–Kier alpha value is -2.20. The zero-order valence-corrected chi connectivity index (χ0v) is 23.6. The lowest BCUT2D eigenvalue weighted by molar-refractivity contribution is -0.140. The Labute approximate surface area is 227 Å². The van der Waals surface area contributed by atoms with E-state index in [9.17, 15) is 18.0 Å². The van der Waals surface area contributed by atoms with Gasteiger partial charge in [0.1, 0.15) is 18.3 Å². The van der Waals surface area contributed by atoms with Gasteiger partial charge in [0, 0.05) is 13.1 Å². The Balaban J connectivity index is 2.48. The van der Waals surface area contributed by atoms with Crippen LogP contribution in [0.1, 0.15) is 32.3 Å². The zero-order valence-electron chi connectivity index (χ0n) is 20.6. The monoisotopic (exact) mass is 577 g/mol. The molecule has 0 bridgehead atoms. The number of carbonyl (C=O) groups is 2. The highest BCUT2D eigenvalue weighted by atomic mass is 35.5. The number of amides is 2. The molecule has 2 aromatic rings. The van der Waals surface area contributed by atoms with E-state index in [0.29, 0.717) is 18.7 Å². The van der Waals surface area contributed by atoms with Gasteiger partial charge in [0.25, 0.3) is 0 Å². The summed E-state index contributed by atoms with van der Waals surface area (Å²) in [5, 5.41) is 3.06. The van der Waals surface area contributed by atoms with Crippen molar-refractivity contribution in [2.75, 3.05) is 30.8 Å². The van der Waals surface area contributed by atoms with E-state index in [1.54, 1.807) is 38.3 Å². The standard InChI is InChI=1S/C24H30Cl3N3O5S/c1-5-11-28-24(32)21(6-2)29(14-16-7-9-17(35-3)10-8-16)23(31)15-30(36(4,33)34)22-13-19(26)18(25)12-20(22)27/h7-10,12-13,21H,5-6,11,14-15H2,1-4H3,(H,28,32). The Morgan fingerprint density at radius 3 is 2.17 bits per heavy atom. The van der Waals surface area contributed by atoms with Gasteiger partial charge < -0.3 is 15.0 Å². The van der Waals surface area contributed by atoms with Crippen LogP contribution in [0.3, 0.4) is 0 Å². The molecule has 2 rings (SSSR count). The van der Waals surface area contributed by atoms with Crippen LogP contribution in [-0.4, -0.2) is 57.6 Å². The Morgan fingerprint density at radius 2 is 1.64 bits per heavy atom. The number of carbonyl (C=O) groups excluding carboxylic acids is 2. The Morgan fingerprint density at radius 1 is 1.03 bits per heavy atom. The third kappa shape index (κ3) is 7.90. The molecule has 0 radical (unpaired) electrons. The molecule has 0 aliphatic heterocycles. The first-order valence-corrected chi connectivity index (χ1v) is 14.2. The molecule has 0 aliphatic rings. The molecule has 0 heterocycles. The fourth-order valence-electron chi connectivity index (χ4n) is 3.51. The maximum absolute atomic E-state index is 13.7. The van der Waals surface area contributed by atoms with Crippen molar-refractivity contribution in [3.63, 3.8) is 0 Å². The SMILES string of the molecule is CCCNC(=O)C(CC)N(Cc1ccc(OC)cc1)C(=O)CN(c1cc(Cl)c(Cl)cc1Cl)S(C)(=O)=O. The minimum atomic E-state index is -3.96. The maximum Gasteiger partial charge on any atom is 0.244 e. The molecule has 1 N–H and O–H groups in total. The minimum absolute atomic E-state index is 0.00907. The number of halogens is 3. The van der Waals surface area contributed by atoms with Crippen molar-refractivity contribution in [1.82, 2.24) is 10.2 Å². The van der Waals surface area contributed by atoms with Crippen LogP contribution in [0.2, 0.25) is 15.1 Å². The number of nitrogens with one attached hydrogen (secondary N) is 1. The van der Waals surface area contributed by atoms with Gasteiger partial charge in [0.2, 0.25) is 21.8 Å². The summed E-state index contributed by atoms with van der Waals surface area (Å²) < 4.78 is 31.5. The van der Waals surface area contributed by atoms with Crippen LogP contribution >= 0.6 is 34.8 Å². The third-order valence-corrected chi connectivity index (χ3v) is 7.54. The smallest absolute Gasteiger partial charge is 0.244 e. The van der Waals surface area contributed by atoms with Gasteiger partial charge >= 0.3 is 0 Å². The van der Waals surface area contributed by atoms with Gasteiger partial charge in [-0.05, 0) is 42.7 Å². The minimum Gasteiger partial charge on any atom is -0.497 e. The lowest BCUT2D eigenvalue weighted by Crippen LogP contribution is -2.52. The molecule has 36 heavy (non-hydrogen) atoms. The molecule has 0 aromatic heterocycles. The third-order valence-electron chi connectivity index (χ3n) is 5.38. The highest BCUT2D eigenvalue weighted by Gasteiger charge is 2.32. The van der Waals surface area contributed by atoms with Crippen molar-refractivity contribution >= 4 is 62.3 Å². The van der Waals surface area contributed by atoms with Gasteiger partial charge in [-0.2, -0.15) is 0 Å². The number of methoxy groups -OCH3 is 1. The predicted molar refractivity (Wildman–Crippen MR) is 145 cm³/mol. The van der Waals surface area contributed by atoms with E-state index < -0.39 is 28.5 Å². The number of benzene rings is 2. The molecule has 2 aromatic carbocycles. The lowest BCUT2D eigenvalue weighted by atomic mass is 10.1. The molecular formula is C24H30Cl3N3O5S. The first-order valence-electron chi connectivity index (χ1n) is 11.2. The predicted octanol–water partition coefficient (Wildman–Crippen LogP) is 4.76. The second kappa shape index (κ2) is 13.4. The number of hydrogen-bond donors (Lipinski definition) is 1. The van der Waals surface area contributed by atoms with E-state index in [2.05, 4.69) is 5.32 Å². The number of hydrogen-bond acceptors (Lipinski definition) is 5. The molecule has 8 nitrogen and oxygen atoms in total. The molecule has 0 spiro atoms. The Bertz CT molecular complexity index is 1180. The number of sulfonamides is 1. The van der Waals surface area contributed by atoms with Gasteiger partial charge in [0.15, 0.2) is 0 Å². The van der Waals surface area contributed by atoms with Crippen molar-refractivity contribution < 1.29 is 22.7 Å². The number of anilines is 1. The molecule has 198 valence electrons. The van der Waals surface area contributed by atoms with Gasteiger partial charge in [-0.25, -0.2) is 8.42 Å². The van der Waals surface area contributed by atoms with Crippen LogP contribution in [0, 0.1) is 0 Å². The molecule has 0 saturated carbocycles. The quantitative estimate of drug-likeness (QED) is 0.367. The van der Waals surface area contributed by atoms with E-state index >= 15 is 0 Å². The zero-order chi connectivity index (χ0) is 27.0. The molecule has 0 aliphatic carbocycles. The van der Waals surface area contributed by atoms with Crippen LogP contribution in [0.5, 0.6) is 5.75 Å². The summed E-state index contributed by atoms with van der Waals surface area (Å²) in [6.07, 6.45) is 2.01. The average molecular weight is 579 g/mol. The molecule has 0 fully saturated rings. The van der Waals surface area contributed by atoms with Crippen molar-refractivity contribution in [3.8, 4) is 5.75 Å². The molecule has 1 atom stereocenters. The summed E-state index contributed by atoms with van der Waals surface area (Å²) >= 11 is 18.4. The van der Waals surface area contributed by atoms with E-state index in [1.807, 2.05) is 6.92 Å². The molecule has 0 saturated heterocycles. The van der Waals surface area contributed by atoms with Crippen molar-refractivity contribution in [1.29, 1.82) is 0 Å². The van der Waals surface area contributed by atoms with Crippen LogP contribution in [-0.2, 0) is 26.2 Å². The van der Waals surface area contributed by atoms with Gasteiger partial charge in [0.05, 0.1) is 34.1 Å². The Kier molecular flexibility index (Phi) is 11.2. The highest BCUT2D eigenvalue weighted by Crippen LogP contribution is 2.35. The topological polar surface area (TPSA) is 96.0 Å². The molecule has 1 unspecified atom stereocenters. The van der Waals surface area contributed by atoms with Crippen molar-refractivity contribution in [2.45, 2.75) is 39.3 Å². The first-order chi connectivity index (χ1) is 16.9. The molecule has 12 heteroatoms. The highest BCUT2D eigenvalue weighted by molar-refractivity contribution is 7.92. The van der Waals surface area contributed by atoms with Crippen LogP contribution in [0.25, 0.3) is 0 Å². The second-order valence-electron chi connectivity index (χ2n) is 8.07. The van der Waals surface area contributed by atoms with Gasteiger partial charge in [-0.15, -0.1) is 0 Å². The van der Waals surface area contributed by atoms with Crippen LogP contribution < -0.4 is 14.4 Å². The number of ether oxygens (including phenoxy) is 1. The summed E-state index contributed by atoms with van der Waals surface area (Å²) in [5.74, 6) is -0.265. The number of rotatable bonds is 12. The van der Waals surface area contributed by atoms with Crippen LogP contribution in [0.4, 0.5) is 5.69 Å². The largest absolute Gasteiger partial charge is 0.497 e. The first kappa shape index (κ1) is 30.0. The van der Waals surface area contributed by atoms with Gasteiger partial charge in [-0.3, -0.25) is 13.9 Å². The molecular weight excluding hydrogens is 549 g/mol. The lowest BCUT2D eigenvalue weighted by Gasteiger charge is -2.33. The van der Waals surface area contributed by atoms with E-state index in [0.717, 1.165) is 22.5 Å². The van der Waals surface area contributed by atoms with Crippen LogP contribution in [0.15, 0.2) is 36.4 Å².